The summed E-state index contributed by atoms with van der Waals surface area (Å²) in [4.78, 5) is 23.0. The van der Waals surface area contributed by atoms with Crippen molar-refractivity contribution >= 4 is 33.7 Å². The molecule has 0 radical (unpaired) electrons. The van der Waals surface area contributed by atoms with Crippen LogP contribution in [0.1, 0.15) is 21.5 Å². The number of fused-ring (bicyclic) bond motifs is 3. The number of nitrogens with two attached hydrogens (primary N) is 1. The van der Waals surface area contributed by atoms with Crippen molar-refractivity contribution in [2.45, 2.75) is 6.54 Å². The van der Waals surface area contributed by atoms with E-state index in [1.165, 1.54) is 0 Å². The van der Waals surface area contributed by atoms with Crippen LogP contribution in [0.5, 0.6) is 5.75 Å². The molecular weight excluding hydrogens is 405 g/mol. The molecule has 0 aliphatic rings. The van der Waals surface area contributed by atoms with Gasteiger partial charge in [-0.2, -0.15) is 5.26 Å². The fourth-order valence-corrected chi connectivity index (χ4v) is 3.72. The van der Waals surface area contributed by atoms with E-state index in [1.54, 1.807) is 36.4 Å². The van der Waals surface area contributed by atoms with Crippen LogP contribution in [0.15, 0.2) is 60.7 Å². The Bertz CT molecular complexity index is 1350. The Kier molecular flexibility index (Phi) is 6.66. The molecule has 3 aromatic carbocycles. The number of hydrogen-bond donors (Lipinski definition) is 1. The van der Waals surface area contributed by atoms with Gasteiger partial charge in [-0.1, -0.05) is 30.3 Å². The van der Waals surface area contributed by atoms with Gasteiger partial charge in [0, 0.05) is 17.5 Å². The smallest absolute Gasteiger partial charge is 0.546 e. The Morgan fingerprint density at radius 3 is 2.35 bits per heavy atom. The SMILES string of the molecule is N#Cc1ccccc1Cn1c2cccc(OCC(=O)[O-])c2c2c(C(N)=O)cccc21.[Na+]. The maximum atomic E-state index is 12.1. The monoisotopic (exact) mass is 421 g/mol. The number of carbonyl (C=O) groups is 2. The van der Waals surface area contributed by atoms with Gasteiger partial charge in [0.2, 0.25) is 5.91 Å². The summed E-state index contributed by atoms with van der Waals surface area (Å²) in [6.07, 6.45) is 0. The molecule has 8 heteroatoms. The van der Waals surface area contributed by atoms with Crippen molar-refractivity contribution in [3.05, 3.63) is 77.4 Å². The number of benzene rings is 3. The fourth-order valence-electron chi connectivity index (χ4n) is 3.72. The molecule has 7 nitrogen and oxygen atoms in total. The number of carbonyl (C=O) groups excluding carboxylic acids is 2. The normalized spacial score (nSPS) is 10.4. The van der Waals surface area contributed by atoms with E-state index in [0.29, 0.717) is 34.2 Å². The van der Waals surface area contributed by atoms with Crippen LogP contribution in [-0.4, -0.2) is 23.1 Å². The van der Waals surface area contributed by atoms with E-state index in [1.807, 2.05) is 28.8 Å². The predicted molar refractivity (Wildman–Crippen MR) is 109 cm³/mol. The number of nitriles is 1. The summed E-state index contributed by atoms with van der Waals surface area (Å²) >= 11 is 0. The first-order valence-corrected chi connectivity index (χ1v) is 9.15. The van der Waals surface area contributed by atoms with E-state index in [2.05, 4.69) is 6.07 Å². The van der Waals surface area contributed by atoms with Gasteiger partial charge in [0.1, 0.15) is 12.4 Å². The maximum absolute atomic E-state index is 12.1. The molecule has 31 heavy (non-hydrogen) atoms. The number of hydrogen-bond acceptors (Lipinski definition) is 5. The Balaban J connectivity index is 0.00000272. The zero-order chi connectivity index (χ0) is 21.3. The number of primary amides is 1. The molecule has 1 amide bonds. The molecule has 0 saturated carbocycles. The van der Waals surface area contributed by atoms with Crippen molar-refractivity contribution in [1.29, 1.82) is 5.26 Å². The van der Waals surface area contributed by atoms with E-state index in [4.69, 9.17) is 10.5 Å². The van der Waals surface area contributed by atoms with Crippen LogP contribution in [0.3, 0.4) is 0 Å². The van der Waals surface area contributed by atoms with E-state index in [9.17, 15) is 20.0 Å². The van der Waals surface area contributed by atoms with Crippen LogP contribution < -0.4 is 45.1 Å². The minimum absolute atomic E-state index is 0. The van der Waals surface area contributed by atoms with Crippen LogP contribution >= 0.6 is 0 Å². The first-order valence-electron chi connectivity index (χ1n) is 9.15. The topological polar surface area (TPSA) is 121 Å². The molecule has 0 unspecified atom stereocenters. The Morgan fingerprint density at radius 2 is 1.68 bits per heavy atom. The minimum Gasteiger partial charge on any atom is -0.546 e. The molecule has 2 N–H and O–H groups in total. The van der Waals surface area contributed by atoms with E-state index in [-0.39, 0.29) is 29.6 Å². The molecule has 0 saturated heterocycles. The third kappa shape index (κ3) is 4.14. The predicted octanol–water partition coefficient (Wildman–Crippen LogP) is -1.05. The summed E-state index contributed by atoms with van der Waals surface area (Å²) in [5.74, 6) is -1.65. The summed E-state index contributed by atoms with van der Waals surface area (Å²) in [5.41, 5.74) is 8.71. The molecule has 4 rings (SSSR count). The third-order valence-corrected chi connectivity index (χ3v) is 4.96. The van der Waals surface area contributed by atoms with Gasteiger partial charge in [0.25, 0.3) is 0 Å². The number of carboxylic acid groups (broad SMARTS) is 1. The number of nitrogens with zero attached hydrogens (tertiary/aromatic N) is 2. The fraction of sp³-hybridized carbons (Fsp3) is 0.0870. The van der Waals surface area contributed by atoms with Gasteiger partial charge in [-0.05, 0) is 35.9 Å². The van der Waals surface area contributed by atoms with Crippen molar-refractivity contribution in [2.75, 3.05) is 6.61 Å². The second-order valence-corrected chi connectivity index (χ2v) is 6.73. The number of carboxylic acids is 1. The van der Waals surface area contributed by atoms with Gasteiger partial charge in [-0.3, -0.25) is 4.79 Å². The molecule has 1 heterocycles. The molecule has 4 aromatic rings. The maximum Gasteiger partial charge on any atom is 1.00 e. The minimum atomic E-state index is -1.35. The average Bonchev–Trinajstić information content (AvgIpc) is 3.07. The summed E-state index contributed by atoms with van der Waals surface area (Å²) in [6, 6.07) is 19.9. The summed E-state index contributed by atoms with van der Waals surface area (Å²) in [6.45, 7) is -0.252. The van der Waals surface area contributed by atoms with Gasteiger partial charge in [-0.15, -0.1) is 0 Å². The zero-order valence-electron chi connectivity index (χ0n) is 16.8. The Hall–Kier alpha value is -3.31. The molecule has 148 valence electrons. The van der Waals surface area contributed by atoms with Crippen molar-refractivity contribution < 1.29 is 49.0 Å². The molecule has 0 aliphatic heterocycles. The van der Waals surface area contributed by atoms with Gasteiger partial charge in [0.05, 0.1) is 34.0 Å². The first-order chi connectivity index (χ1) is 14.5. The number of rotatable bonds is 6. The standard InChI is InChI=1S/C23H17N3O4.Na/c24-11-14-5-1-2-6-15(14)12-26-17-8-3-7-16(23(25)29)21(17)22-18(26)9-4-10-19(22)30-13-20(27)28;/h1-10H,12-13H2,(H2,25,29)(H,27,28);/q;+1/p-1. The van der Waals surface area contributed by atoms with Crippen molar-refractivity contribution in [1.82, 2.24) is 4.57 Å². The molecule has 0 bridgehead atoms. The largest absolute Gasteiger partial charge is 1.00 e. The van der Waals surface area contributed by atoms with Crippen molar-refractivity contribution in [3.63, 3.8) is 0 Å². The summed E-state index contributed by atoms with van der Waals surface area (Å²) < 4.78 is 7.41. The van der Waals surface area contributed by atoms with E-state index < -0.39 is 18.5 Å². The van der Waals surface area contributed by atoms with Crippen LogP contribution in [0.4, 0.5) is 0 Å². The molecule has 0 fully saturated rings. The zero-order valence-corrected chi connectivity index (χ0v) is 18.8. The van der Waals surface area contributed by atoms with Gasteiger partial charge in [-0.25, -0.2) is 0 Å². The second-order valence-electron chi connectivity index (χ2n) is 6.73. The number of aromatic nitrogens is 1. The Labute approximate surface area is 199 Å². The van der Waals surface area contributed by atoms with Gasteiger partial charge >= 0.3 is 29.6 Å². The molecule has 0 spiro atoms. The molecular formula is C23H16N3NaO4. The van der Waals surface area contributed by atoms with Crippen LogP contribution in [0, 0.1) is 11.3 Å². The van der Waals surface area contributed by atoms with Crippen molar-refractivity contribution in [3.8, 4) is 11.8 Å². The summed E-state index contributed by atoms with van der Waals surface area (Å²) in [5, 5.41) is 21.5. The van der Waals surface area contributed by atoms with Crippen molar-refractivity contribution in [2.24, 2.45) is 5.73 Å². The quantitative estimate of drug-likeness (QED) is 0.398. The Morgan fingerprint density at radius 1 is 1.00 bits per heavy atom. The second kappa shape index (κ2) is 9.23. The third-order valence-electron chi connectivity index (χ3n) is 4.96. The number of amides is 1. The molecule has 0 atom stereocenters. The summed E-state index contributed by atoms with van der Waals surface area (Å²) in [7, 11) is 0. The van der Waals surface area contributed by atoms with E-state index in [0.717, 1.165) is 16.6 Å². The van der Waals surface area contributed by atoms with Crippen LogP contribution in [0.25, 0.3) is 21.8 Å². The van der Waals surface area contributed by atoms with Gasteiger partial charge in [0.15, 0.2) is 0 Å². The average molecular weight is 421 g/mol. The van der Waals surface area contributed by atoms with Crippen LogP contribution in [-0.2, 0) is 11.3 Å². The first kappa shape index (κ1) is 22.4. The molecule has 0 aliphatic carbocycles. The number of ether oxygens (including phenoxy) is 1. The van der Waals surface area contributed by atoms with Gasteiger partial charge < -0.3 is 24.9 Å². The molecule has 1 aromatic heterocycles. The number of aliphatic carboxylic acids is 1. The van der Waals surface area contributed by atoms with Crippen LogP contribution in [0.2, 0.25) is 0 Å². The van der Waals surface area contributed by atoms with E-state index >= 15 is 0 Å².